The molecule has 0 saturated heterocycles. The van der Waals surface area contributed by atoms with Gasteiger partial charge in [-0.1, -0.05) is 0 Å². The zero-order valence-corrected chi connectivity index (χ0v) is 20.9. The molecule has 0 aliphatic carbocycles. The average molecular weight is 573 g/mol. The molecule has 0 amide bonds. The summed E-state index contributed by atoms with van der Waals surface area (Å²) in [7, 11) is 0. The van der Waals surface area contributed by atoms with Crippen molar-refractivity contribution in [3.05, 3.63) is 88.9 Å². The molecule has 189 valence electrons. The zero-order chi connectivity index (χ0) is 26.6. The van der Waals surface area contributed by atoms with Crippen LogP contribution in [0, 0.1) is 0 Å². The molecule has 0 fully saturated rings. The van der Waals surface area contributed by atoms with Gasteiger partial charge in [-0.3, -0.25) is 0 Å². The second-order valence-electron chi connectivity index (χ2n) is 7.63. The quantitative estimate of drug-likeness (QED) is 0.253. The van der Waals surface area contributed by atoms with E-state index in [1.807, 2.05) is 0 Å². The fourth-order valence-electron chi connectivity index (χ4n) is 3.39. The molecule has 1 radical (unpaired) electrons. The number of nitrogens with one attached hydrogen (secondary N) is 1. The van der Waals surface area contributed by atoms with E-state index in [-0.39, 0.29) is 16.1 Å². The van der Waals surface area contributed by atoms with Gasteiger partial charge in [0.15, 0.2) is 0 Å². The van der Waals surface area contributed by atoms with Gasteiger partial charge >= 0.3 is 214 Å². The normalized spacial score (nSPS) is 12.4. The number of halogens is 3. The molecule has 4 aromatic rings. The molecule has 1 N–H and O–H groups in total. The summed E-state index contributed by atoms with van der Waals surface area (Å²) in [4.78, 5) is 38.6. The molecule has 1 heterocycles. The Morgan fingerprint density at radius 2 is 1.65 bits per heavy atom. The summed E-state index contributed by atoms with van der Waals surface area (Å²) in [6, 6.07) is 18.8. The molecule has 1 aromatic heterocycles. The number of benzene rings is 3. The molecule has 12 heteroatoms. The van der Waals surface area contributed by atoms with E-state index < -0.39 is 39.9 Å². The molecule has 4 rings (SSSR count). The van der Waals surface area contributed by atoms with Crippen LogP contribution in [-0.2, 0) is 14.3 Å². The maximum absolute atomic E-state index is 13.2. The van der Waals surface area contributed by atoms with Crippen LogP contribution < -0.4 is 14.8 Å². The summed E-state index contributed by atoms with van der Waals surface area (Å²) in [5.41, 5.74) is 2.22. The Labute approximate surface area is 214 Å². The molecule has 0 spiro atoms. The second-order valence-corrected chi connectivity index (χ2v) is 10.1. The van der Waals surface area contributed by atoms with Crippen LogP contribution >= 0.6 is 0 Å². The summed E-state index contributed by atoms with van der Waals surface area (Å²) in [5.74, 6) is -1.42. The molecule has 0 aliphatic heterocycles. The number of nitrogens with zero attached hydrogens (tertiary/aromatic N) is 1. The molecule has 0 bridgehead atoms. The summed E-state index contributed by atoms with van der Waals surface area (Å²) in [6.07, 6.45) is -5.95. The summed E-state index contributed by atoms with van der Waals surface area (Å²) in [5, 5.41) is 3.61. The first-order chi connectivity index (χ1) is 17.6. The first-order valence-corrected chi connectivity index (χ1v) is 12.5. The van der Waals surface area contributed by atoms with Crippen LogP contribution in [0.5, 0.6) is 5.75 Å². The number of ether oxygens (including phenoxy) is 2. The van der Waals surface area contributed by atoms with Crippen molar-refractivity contribution in [2.24, 2.45) is 0 Å². The van der Waals surface area contributed by atoms with E-state index in [0.29, 0.717) is 22.3 Å². The first kappa shape index (κ1) is 26.0. The van der Waals surface area contributed by atoms with Crippen molar-refractivity contribution in [2.75, 3.05) is 0 Å². The van der Waals surface area contributed by atoms with Gasteiger partial charge in [-0.2, -0.15) is 0 Å². The third-order valence-corrected chi connectivity index (χ3v) is 7.06. The molecule has 3 aromatic carbocycles. The number of hydrogen-bond donors (Lipinski definition) is 1. The van der Waals surface area contributed by atoms with Crippen LogP contribution in [0.2, 0.25) is 0 Å². The van der Waals surface area contributed by atoms with Gasteiger partial charge in [0, 0.05) is 0 Å². The number of alkyl halides is 3. The van der Waals surface area contributed by atoms with Crippen LogP contribution in [0.1, 0.15) is 18.6 Å². The number of esters is 1. The average Bonchev–Trinajstić information content (AvgIpc) is 3.28. The van der Waals surface area contributed by atoms with Crippen molar-refractivity contribution in [1.82, 2.24) is 10.1 Å². The molecule has 0 saturated carbocycles. The number of aromatic nitrogens is 2. The van der Waals surface area contributed by atoms with Gasteiger partial charge in [-0.25, -0.2) is 0 Å². The Hall–Kier alpha value is -4.11. The van der Waals surface area contributed by atoms with Gasteiger partial charge in [-0.05, 0) is 0 Å². The molecule has 37 heavy (non-hydrogen) atoms. The van der Waals surface area contributed by atoms with Gasteiger partial charge in [0.25, 0.3) is 0 Å². The van der Waals surface area contributed by atoms with E-state index in [1.165, 1.54) is 31.2 Å². The standard InChI is InChI=1S/C25H17AsF3N2O6/c1-14(32)35-21(22(33)26-19-9-5-16(6-10-19)23-30-24(34)37-31-23)18-4-2-3-17(13-18)15-7-11-20(12-8-15)36-25(27,28)29/h2-13,21H,1H3,(H,30,31,34). The van der Waals surface area contributed by atoms with Gasteiger partial charge in [0.2, 0.25) is 0 Å². The summed E-state index contributed by atoms with van der Waals surface area (Å²) < 4.78 is 51.5. The van der Waals surface area contributed by atoms with Crippen LogP contribution in [0.4, 0.5) is 13.2 Å². The first-order valence-electron chi connectivity index (χ1n) is 10.6. The number of carbonyl (C=O) groups excluding carboxylic acids is 2. The van der Waals surface area contributed by atoms with Crippen LogP contribution in [0.3, 0.4) is 0 Å². The third kappa shape index (κ3) is 6.98. The molecule has 8 nitrogen and oxygen atoms in total. The molecule has 1 atom stereocenters. The van der Waals surface area contributed by atoms with E-state index in [9.17, 15) is 27.6 Å². The van der Waals surface area contributed by atoms with Gasteiger partial charge in [0.05, 0.1) is 0 Å². The van der Waals surface area contributed by atoms with Gasteiger partial charge in [-0.15, -0.1) is 0 Å². The maximum atomic E-state index is 13.2. The van der Waals surface area contributed by atoms with Crippen molar-refractivity contribution < 1.29 is 36.8 Å². The van der Waals surface area contributed by atoms with Crippen LogP contribution in [-0.4, -0.2) is 42.8 Å². The van der Waals surface area contributed by atoms with E-state index in [1.54, 1.807) is 48.5 Å². The van der Waals surface area contributed by atoms with Crippen LogP contribution in [0.25, 0.3) is 22.5 Å². The Kier molecular flexibility index (Phi) is 7.63. The molecule has 0 aliphatic rings. The second kappa shape index (κ2) is 10.9. The Bertz CT molecular complexity index is 1460. The van der Waals surface area contributed by atoms with Gasteiger partial charge in [0.1, 0.15) is 0 Å². The minimum absolute atomic E-state index is 0.256. The van der Waals surface area contributed by atoms with Crippen molar-refractivity contribution in [2.45, 2.75) is 19.4 Å². The van der Waals surface area contributed by atoms with E-state index >= 15 is 0 Å². The number of H-pyrrole nitrogens is 1. The molecular weight excluding hydrogens is 556 g/mol. The van der Waals surface area contributed by atoms with Crippen molar-refractivity contribution in [3.8, 4) is 28.3 Å². The number of rotatable bonds is 8. The monoisotopic (exact) mass is 573 g/mol. The van der Waals surface area contributed by atoms with Crippen molar-refractivity contribution in [3.63, 3.8) is 0 Å². The fourth-order valence-corrected chi connectivity index (χ4v) is 5.22. The van der Waals surface area contributed by atoms with E-state index in [2.05, 4.69) is 19.4 Å². The third-order valence-electron chi connectivity index (χ3n) is 4.94. The fraction of sp³-hybridized carbons (Fsp3) is 0.120. The number of hydrogen-bond acceptors (Lipinski definition) is 7. The molecule has 1 unspecified atom stereocenters. The Morgan fingerprint density at radius 3 is 2.24 bits per heavy atom. The van der Waals surface area contributed by atoms with E-state index in [4.69, 9.17) is 4.74 Å². The number of aromatic amines is 1. The molecular formula is C25H17AsF3N2O6. The minimum atomic E-state index is -4.79. The van der Waals surface area contributed by atoms with Crippen LogP contribution in [0.15, 0.2) is 82.1 Å². The Balaban J connectivity index is 1.54. The summed E-state index contributed by atoms with van der Waals surface area (Å²) in [6.45, 7) is 1.20. The Morgan fingerprint density at radius 1 is 0.973 bits per heavy atom. The van der Waals surface area contributed by atoms with Crippen molar-refractivity contribution >= 4 is 30.6 Å². The predicted molar refractivity (Wildman–Crippen MR) is 126 cm³/mol. The number of carbonyl (C=O) groups is 2. The topological polar surface area (TPSA) is 111 Å². The summed E-state index contributed by atoms with van der Waals surface area (Å²) >= 11 is -1.07. The SMILES string of the molecule is CC(=O)OC(C(=O)[As]c1ccc(-c2noc(=O)[nH]2)cc1)c1cccc(-c2ccc(OC(F)(F)F)cc2)c1. The predicted octanol–water partition coefficient (Wildman–Crippen LogP) is 3.76. The van der Waals surface area contributed by atoms with Gasteiger partial charge < -0.3 is 0 Å². The van der Waals surface area contributed by atoms with E-state index in [0.717, 1.165) is 4.35 Å². The van der Waals surface area contributed by atoms with Crippen molar-refractivity contribution in [1.29, 1.82) is 0 Å². The zero-order valence-electron chi connectivity index (χ0n) is 19.0.